The second-order valence-electron chi connectivity index (χ2n) is 6.10. The number of rotatable bonds is 5. The zero-order valence-electron chi connectivity index (χ0n) is 13.2. The third-order valence-electron chi connectivity index (χ3n) is 4.11. The van der Waals surface area contributed by atoms with E-state index in [1.54, 1.807) is 0 Å². The van der Waals surface area contributed by atoms with Crippen molar-refractivity contribution < 1.29 is 9.90 Å². The number of benzene rings is 1. The summed E-state index contributed by atoms with van der Waals surface area (Å²) in [6.07, 6.45) is 3.19. The highest BCUT2D eigenvalue weighted by Gasteiger charge is 2.33. The maximum atomic E-state index is 12.3. The molecule has 0 bridgehead atoms. The van der Waals surface area contributed by atoms with E-state index in [1.807, 2.05) is 31.2 Å². The van der Waals surface area contributed by atoms with E-state index < -0.39 is 11.3 Å². The number of aryl methyl sites for hydroxylation is 1. The monoisotopic (exact) mass is 347 g/mol. The van der Waals surface area contributed by atoms with Crippen LogP contribution >= 0.6 is 11.6 Å². The molecule has 1 saturated carbocycles. The molecule has 1 amide bonds. The minimum atomic E-state index is -0.690. The van der Waals surface area contributed by atoms with E-state index in [9.17, 15) is 14.7 Å². The van der Waals surface area contributed by atoms with Gasteiger partial charge in [-0.1, -0.05) is 41.4 Å². The lowest BCUT2D eigenvalue weighted by Gasteiger charge is -2.19. The first kappa shape index (κ1) is 16.5. The molecule has 6 nitrogen and oxygen atoms in total. The molecule has 7 heteroatoms. The van der Waals surface area contributed by atoms with Crippen molar-refractivity contribution in [2.45, 2.75) is 32.4 Å². The Labute approximate surface area is 144 Å². The topological polar surface area (TPSA) is 84.2 Å². The van der Waals surface area contributed by atoms with Gasteiger partial charge in [-0.25, -0.2) is 4.68 Å². The molecule has 1 heterocycles. The molecule has 0 saturated heterocycles. The highest BCUT2D eigenvalue weighted by molar-refractivity contribution is 6.31. The number of aromatic hydroxyl groups is 1. The van der Waals surface area contributed by atoms with Crippen LogP contribution in [0, 0.1) is 12.8 Å². The molecule has 2 N–H and O–H groups in total. The van der Waals surface area contributed by atoms with Crippen LogP contribution in [0.4, 0.5) is 0 Å². The normalized spacial score (nSPS) is 15.1. The van der Waals surface area contributed by atoms with E-state index in [0.717, 1.165) is 34.8 Å². The number of hydrogen-bond donors (Lipinski definition) is 2. The lowest BCUT2D eigenvalue weighted by Crippen LogP contribution is -2.36. The Morgan fingerprint density at radius 3 is 2.71 bits per heavy atom. The molecule has 1 aromatic carbocycles. The Hall–Kier alpha value is -2.34. The average molecular weight is 348 g/mol. The van der Waals surface area contributed by atoms with Crippen LogP contribution in [0.15, 0.2) is 35.3 Å². The highest BCUT2D eigenvalue weighted by atomic mass is 35.5. The summed E-state index contributed by atoms with van der Waals surface area (Å²) in [5.41, 5.74) is 1.53. The van der Waals surface area contributed by atoms with E-state index in [1.165, 1.54) is 0 Å². The van der Waals surface area contributed by atoms with Crippen molar-refractivity contribution >= 4 is 17.5 Å². The van der Waals surface area contributed by atoms with Crippen molar-refractivity contribution in [2.75, 3.05) is 0 Å². The molecular weight excluding hydrogens is 330 g/mol. The number of amides is 1. The highest BCUT2D eigenvalue weighted by Crippen LogP contribution is 2.41. The second kappa shape index (κ2) is 6.65. The van der Waals surface area contributed by atoms with Gasteiger partial charge >= 0.3 is 0 Å². The predicted molar refractivity (Wildman–Crippen MR) is 90.0 cm³/mol. The first-order valence-electron chi connectivity index (χ1n) is 7.76. The molecule has 1 fully saturated rings. The third-order valence-corrected chi connectivity index (χ3v) is 4.46. The van der Waals surface area contributed by atoms with Gasteiger partial charge in [-0.15, -0.1) is 0 Å². The van der Waals surface area contributed by atoms with E-state index >= 15 is 0 Å². The van der Waals surface area contributed by atoms with Gasteiger partial charge in [-0.2, -0.15) is 5.10 Å². The molecular formula is C17H18ClN3O3. The van der Waals surface area contributed by atoms with E-state index in [-0.39, 0.29) is 23.5 Å². The van der Waals surface area contributed by atoms with Gasteiger partial charge in [0.15, 0.2) is 10.8 Å². The second-order valence-corrected chi connectivity index (χ2v) is 6.48. The minimum absolute atomic E-state index is 0.0682. The van der Waals surface area contributed by atoms with Gasteiger partial charge in [0.1, 0.15) is 6.54 Å². The number of hydrogen-bond acceptors (Lipinski definition) is 4. The molecule has 0 aliphatic heterocycles. The molecule has 0 radical (unpaired) electrons. The van der Waals surface area contributed by atoms with Crippen LogP contribution in [0.1, 0.15) is 30.0 Å². The molecule has 1 aromatic heterocycles. The summed E-state index contributed by atoms with van der Waals surface area (Å²) in [5, 5.41) is 15.7. The zero-order chi connectivity index (χ0) is 17.3. The van der Waals surface area contributed by atoms with Crippen LogP contribution in [0.3, 0.4) is 0 Å². The quantitative estimate of drug-likeness (QED) is 0.868. The average Bonchev–Trinajstić information content (AvgIpc) is 3.39. The summed E-state index contributed by atoms with van der Waals surface area (Å²) in [4.78, 5) is 24.2. The lowest BCUT2D eigenvalue weighted by molar-refractivity contribution is -0.122. The van der Waals surface area contributed by atoms with Crippen LogP contribution in [-0.4, -0.2) is 20.8 Å². The van der Waals surface area contributed by atoms with Crippen molar-refractivity contribution in [3.8, 4) is 5.75 Å². The van der Waals surface area contributed by atoms with Gasteiger partial charge in [0.25, 0.3) is 5.56 Å². The summed E-state index contributed by atoms with van der Waals surface area (Å²) >= 11 is 5.69. The molecule has 1 aliphatic rings. The Balaban J connectivity index is 1.74. The van der Waals surface area contributed by atoms with Gasteiger partial charge in [0, 0.05) is 0 Å². The number of nitrogens with one attached hydrogen (secondary N) is 1. The van der Waals surface area contributed by atoms with Crippen LogP contribution in [0.2, 0.25) is 5.02 Å². The fourth-order valence-electron chi connectivity index (χ4n) is 2.60. The summed E-state index contributed by atoms with van der Waals surface area (Å²) in [5.74, 6) is -0.289. The molecule has 1 atom stereocenters. The summed E-state index contributed by atoms with van der Waals surface area (Å²) in [6.45, 7) is 1.77. The SMILES string of the molecule is Cc1ccc(C(NC(=O)Cn2ncc(O)c(Cl)c2=O)C2CC2)cc1. The molecule has 1 unspecified atom stereocenters. The van der Waals surface area contributed by atoms with Gasteiger partial charge in [-0.3, -0.25) is 9.59 Å². The van der Waals surface area contributed by atoms with Crippen LogP contribution in [0.25, 0.3) is 0 Å². The van der Waals surface area contributed by atoms with Crippen LogP contribution in [-0.2, 0) is 11.3 Å². The van der Waals surface area contributed by atoms with Gasteiger partial charge in [-0.05, 0) is 31.2 Å². The summed E-state index contributed by atoms with van der Waals surface area (Å²) in [6, 6.07) is 7.99. The third kappa shape index (κ3) is 3.59. The number of aromatic nitrogens is 2. The van der Waals surface area contributed by atoms with Crippen molar-refractivity contribution in [3.63, 3.8) is 0 Å². The number of carbonyl (C=O) groups is 1. The van der Waals surface area contributed by atoms with Crippen molar-refractivity contribution in [2.24, 2.45) is 5.92 Å². The number of carbonyl (C=O) groups excluding carboxylic acids is 1. The standard InChI is InChI=1S/C17H18ClN3O3/c1-10-2-4-11(5-3-10)16(12-6-7-12)20-14(23)9-21-17(24)15(18)13(22)8-19-21/h2-5,8,12,16,22H,6-7,9H2,1H3,(H,20,23). The Morgan fingerprint density at radius 2 is 2.08 bits per heavy atom. The molecule has 0 spiro atoms. The predicted octanol–water partition coefficient (Wildman–Crippen LogP) is 2.18. The molecule has 24 heavy (non-hydrogen) atoms. The van der Waals surface area contributed by atoms with Gasteiger partial charge in [0.05, 0.1) is 12.2 Å². The van der Waals surface area contributed by atoms with E-state index in [2.05, 4.69) is 10.4 Å². The van der Waals surface area contributed by atoms with Crippen LogP contribution < -0.4 is 10.9 Å². The summed E-state index contributed by atoms with van der Waals surface area (Å²) < 4.78 is 0.941. The minimum Gasteiger partial charge on any atom is -0.505 e. The zero-order valence-corrected chi connectivity index (χ0v) is 14.0. The lowest BCUT2D eigenvalue weighted by atomic mass is 10.0. The smallest absolute Gasteiger partial charge is 0.289 e. The van der Waals surface area contributed by atoms with Gasteiger partial charge < -0.3 is 10.4 Å². The first-order valence-corrected chi connectivity index (χ1v) is 8.14. The molecule has 2 aromatic rings. The molecule has 126 valence electrons. The maximum Gasteiger partial charge on any atom is 0.289 e. The Kier molecular flexibility index (Phi) is 4.57. The first-order chi connectivity index (χ1) is 11.5. The Morgan fingerprint density at radius 1 is 1.42 bits per heavy atom. The van der Waals surface area contributed by atoms with Gasteiger partial charge in [0.2, 0.25) is 5.91 Å². The number of halogens is 1. The number of nitrogens with zero attached hydrogens (tertiary/aromatic N) is 2. The van der Waals surface area contributed by atoms with E-state index in [4.69, 9.17) is 11.6 Å². The molecule has 1 aliphatic carbocycles. The largest absolute Gasteiger partial charge is 0.505 e. The Bertz CT molecular complexity index is 813. The van der Waals surface area contributed by atoms with Crippen molar-refractivity contribution in [3.05, 3.63) is 57.0 Å². The fourth-order valence-corrected chi connectivity index (χ4v) is 2.75. The fraction of sp³-hybridized carbons (Fsp3) is 0.353. The van der Waals surface area contributed by atoms with Crippen molar-refractivity contribution in [1.82, 2.24) is 15.1 Å². The van der Waals surface area contributed by atoms with Crippen LogP contribution in [0.5, 0.6) is 5.75 Å². The maximum absolute atomic E-state index is 12.3. The summed E-state index contributed by atoms with van der Waals surface area (Å²) in [7, 11) is 0. The molecule has 3 rings (SSSR count). The van der Waals surface area contributed by atoms with Crippen molar-refractivity contribution in [1.29, 1.82) is 0 Å². The van der Waals surface area contributed by atoms with E-state index in [0.29, 0.717) is 5.92 Å².